The van der Waals surface area contributed by atoms with Crippen LogP contribution in [0, 0.1) is 6.92 Å². The highest BCUT2D eigenvalue weighted by atomic mass is 32.1. The Hall–Kier alpha value is -3.24. The summed E-state index contributed by atoms with van der Waals surface area (Å²) >= 11 is 1.60. The number of nitrogens with zero attached hydrogens (tertiary/aromatic N) is 1. The number of para-hydroxylation sites is 1. The van der Waals surface area contributed by atoms with Gasteiger partial charge in [0.2, 0.25) is 5.43 Å². The van der Waals surface area contributed by atoms with Crippen molar-refractivity contribution in [1.82, 2.24) is 4.98 Å². The number of hydrogen-bond donors (Lipinski definition) is 1. The Morgan fingerprint density at radius 3 is 2.37 bits per heavy atom. The quantitative estimate of drug-likeness (QED) is 0.308. The first-order valence-corrected chi connectivity index (χ1v) is 9.60. The lowest BCUT2D eigenvalue weighted by Gasteiger charge is -2.16. The van der Waals surface area contributed by atoms with Gasteiger partial charge in [0, 0.05) is 16.5 Å². The lowest BCUT2D eigenvalue weighted by Crippen LogP contribution is -2.11. The Bertz CT molecular complexity index is 1320. The summed E-state index contributed by atoms with van der Waals surface area (Å²) in [6, 6.07) is 23.8. The summed E-state index contributed by atoms with van der Waals surface area (Å²) in [5, 5.41) is 4.94. The number of hydrogen-bond acceptors (Lipinski definition) is 4. The van der Waals surface area contributed by atoms with E-state index in [1.54, 1.807) is 11.3 Å². The highest BCUT2D eigenvalue weighted by Crippen LogP contribution is 2.39. The van der Waals surface area contributed by atoms with Crippen molar-refractivity contribution in [3.05, 3.63) is 88.6 Å². The van der Waals surface area contributed by atoms with Gasteiger partial charge in [-0.15, -0.1) is 11.3 Å². The molecule has 0 aromatic heterocycles. The van der Waals surface area contributed by atoms with E-state index >= 15 is 0 Å². The summed E-state index contributed by atoms with van der Waals surface area (Å²) in [5.74, 6) is 0. The van der Waals surface area contributed by atoms with Crippen molar-refractivity contribution in [2.45, 2.75) is 6.92 Å². The van der Waals surface area contributed by atoms with Crippen LogP contribution in [0.25, 0.3) is 31.6 Å². The SMILES string of the molecule is Cc1ccc(Nc2c3sc4ccccc4nc-3c3ccccc3c2=O)cc1. The number of anilines is 2. The molecule has 0 spiro atoms. The van der Waals surface area contributed by atoms with Crippen LogP contribution in [0.3, 0.4) is 0 Å². The van der Waals surface area contributed by atoms with E-state index < -0.39 is 0 Å². The van der Waals surface area contributed by atoms with Gasteiger partial charge in [-0.2, -0.15) is 0 Å². The zero-order valence-electron chi connectivity index (χ0n) is 14.7. The van der Waals surface area contributed by atoms with Crippen LogP contribution in [0.5, 0.6) is 0 Å². The first kappa shape index (κ1) is 16.0. The van der Waals surface area contributed by atoms with Gasteiger partial charge in [-0.3, -0.25) is 4.79 Å². The molecule has 0 fully saturated rings. The predicted molar refractivity (Wildman–Crippen MR) is 114 cm³/mol. The summed E-state index contributed by atoms with van der Waals surface area (Å²) in [4.78, 5) is 19.0. The van der Waals surface area contributed by atoms with E-state index in [-0.39, 0.29) is 5.43 Å². The molecule has 0 atom stereocenters. The van der Waals surface area contributed by atoms with Crippen LogP contribution < -0.4 is 10.7 Å². The Morgan fingerprint density at radius 1 is 0.852 bits per heavy atom. The largest absolute Gasteiger partial charge is 0.351 e. The lowest BCUT2D eigenvalue weighted by atomic mass is 10.0. The van der Waals surface area contributed by atoms with Gasteiger partial charge < -0.3 is 5.32 Å². The monoisotopic (exact) mass is 368 g/mol. The minimum Gasteiger partial charge on any atom is -0.351 e. The van der Waals surface area contributed by atoms with Crippen LogP contribution in [-0.4, -0.2) is 4.98 Å². The number of aryl methyl sites for hydroxylation is 1. The van der Waals surface area contributed by atoms with Crippen molar-refractivity contribution in [1.29, 1.82) is 0 Å². The molecule has 1 N–H and O–H groups in total. The minimum atomic E-state index is 0.00649. The van der Waals surface area contributed by atoms with Gasteiger partial charge in [0.25, 0.3) is 0 Å². The maximum atomic E-state index is 13.3. The molecule has 0 saturated heterocycles. The standard InChI is InChI=1S/C23H16N2OS/c1-14-10-12-15(13-11-14)24-21-22(26)17-7-3-2-6-16(17)20-23(21)27-19-9-5-4-8-18(19)25-20/h2-13,24H,1H3. The molecule has 1 aliphatic carbocycles. The van der Waals surface area contributed by atoms with Gasteiger partial charge in [-0.1, -0.05) is 54.1 Å². The summed E-state index contributed by atoms with van der Waals surface area (Å²) in [7, 11) is 0. The van der Waals surface area contributed by atoms with Gasteiger partial charge >= 0.3 is 0 Å². The molecule has 0 unspecified atom stereocenters. The average molecular weight is 368 g/mol. The average Bonchev–Trinajstić information content (AvgIpc) is 2.71. The zero-order chi connectivity index (χ0) is 18.4. The van der Waals surface area contributed by atoms with E-state index in [2.05, 4.69) is 5.32 Å². The minimum absolute atomic E-state index is 0.00649. The maximum Gasteiger partial charge on any atom is 0.211 e. The molecule has 1 aliphatic heterocycles. The van der Waals surface area contributed by atoms with Gasteiger partial charge in [0.15, 0.2) is 0 Å². The van der Waals surface area contributed by atoms with Gasteiger partial charge in [-0.05, 0) is 31.2 Å². The molecule has 5 rings (SSSR count). The molecule has 0 radical (unpaired) electrons. The highest BCUT2D eigenvalue weighted by Gasteiger charge is 2.20. The Kier molecular flexibility index (Phi) is 3.66. The third-order valence-electron chi connectivity index (χ3n) is 4.73. The molecule has 27 heavy (non-hydrogen) atoms. The van der Waals surface area contributed by atoms with E-state index in [1.165, 1.54) is 5.56 Å². The summed E-state index contributed by atoms with van der Waals surface area (Å²) in [6.45, 7) is 2.05. The van der Waals surface area contributed by atoms with E-state index in [0.717, 1.165) is 31.9 Å². The second-order valence-corrected chi connectivity index (χ2v) is 7.65. The van der Waals surface area contributed by atoms with Crippen LogP contribution in [0.4, 0.5) is 11.4 Å². The second-order valence-electron chi connectivity index (χ2n) is 6.60. The first-order chi connectivity index (χ1) is 13.2. The molecular formula is C23H16N2OS. The van der Waals surface area contributed by atoms with Gasteiger partial charge in [0.05, 0.1) is 20.8 Å². The lowest BCUT2D eigenvalue weighted by molar-refractivity contribution is 1.42. The van der Waals surface area contributed by atoms with E-state index in [9.17, 15) is 4.79 Å². The van der Waals surface area contributed by atoms with Gasteiger partial charge in [-0.25, -0.2) is 4.98 Å². The van der Waals surface area contributed by atoms with E-state index in [4.69, 9.17) is 4.98 Å². The third kappa shape index (κ3) is 2.66. The van der Waals surface area contributed by atoms with Crippen LogP contribution in [0.2, 0.25) is 0 Å². The molecule has 0 saturated carbocycles. The fourth-order valence-corrected chi connectivity index (χ4v) is 4.42. The van der Waals surface area contributed by atoms with Gasteiger partial charge in [0.1, 0.15) is 5.69 Å². The summed E-state index contributed by atoms with van der Waals surface area (Å²) in [6.07, 6.45) is 0. The van der Waals surface area contributed by atoms with Crippen LogP contribution in [0.15, 0.2) is 77.6 Å². The Balaban J connectivity index is 1.87. The van der Waals surface area contributed by atoms with Crippen molar-refractivity contribution >= 4 is 43.7 Å². The zero-order valence-corrected chi connectivity index (χ0v) is 15.5. The Morgan fingerprint density at radius 2 is 1.56 bits per heavy atom. The van der Waals surface area contributed by atoms with Crippen LogP contribution >= 0.6 is 11.3 Å². The number of rotatable bonds is 2. The molecular weight excluding hydrogens is 352 g/mol. The molecule has 1 heterocycles. The van der Waals surface area contributed by atoms with Crippen molar-refractivity contribution in [2.24, 2.45) is 0 Å². The third-order valence-corrected chi connectivity index (χ3v) is 5.89. The van der Waals surface area contributed by atoms with E-state index in [0.29, 0.717) is 11.1 Å². The van der Waals surface area contributed by atoms with Crippen LogP contribution in [-0.2, 0) is 0 Å². The normalized spacial score (nSPS) is 11.3. The van der Waals surface area contributed by atoms with Crippen molar-refractivity contribution < 1.29 is 0 Å². The highest BCUT2D eigenvalue weighted by molar-refractivity contribution is 7.22. The fourth-order valence-electron chi connectivity index (χ4n) is 3.34. The Labute approximate surface area is 160 Å². The van der Waals surface area contributed by atoms with Crippen LogP contribution in [0.1, 0.15) is 5.56 Å². The number of nitrogens with one attached hydrogen (secondary N) is 1. The molecule has 0 bridgehead atoms. The van der Waals surface area contributed by atoms with Crippen molar-refractivity contribution in [2.75, 3.05) is 5.32 Å². The topological polar surface area (TPSA) is 42.0 Å². The number of fused-ring (bicyclic) bond motifs is 4. The summed E-state index contributed by atoms with van der Waals surface area (Å²) < 4.78 is 1.06. The molecule has 3 aromatic rings. The summed E-state index contributed by atoms with van der Waals surface area (Å²) in [5.41, 5.74) is 4.49. The molecule has 0 amide bonds. The predicted octanol–water partition coefficient (Wildman–Crippen LogP) is 5.97. The maximum absolute atomic E-state index is 13.3. The molecule has 3 aromatic carbocycles. The molecule has 3 nitrogen and oxygen atoms in total. The van der Waals surface area contributed by atoms with Crippen molar-refractivity contribution in [3.8, 4) is 10.6 Å². The number of benzene rings is 4. The number of aromatic nitrogens is 1. The van der Waals surface area contributed by atoms with E-state index in [1.807, 2.05) is 79.7 Å². The molecule has 4 heteroatoms. The smallest absolute Gasteiger partial charge is 0.211 e. The second kappa shape index (κ2) is 6.18. The molecule has 130 valence electrons. The fraction of sp³-hybridized carbons (Fsp3) is 0.0435. The van der Waals surface area contributed by atoms with Crippen molar-refractivity contribution in [3.63, 3.8) is 0 Å². The first-order valence-electron chi connectivity index (χ1n) is 8.79. The molecule has 2 aliphatic rings.